The van der Waals surface area contributed by atoms with Crippen LogP contribution in [0.5, 0.6) is 0 Å². The van der Waals surface area contributed by atoms with Gasteiger partial charge in [-0.2, -0.15) is 0 Å². The normalized spacial score (nSPS) is 11.0. The van der Waals surface area contributed by atoms with Crippen LogP contribution in [0.3, 0.4) is 0 Å². The molecule has 3 rings (SSSR count). The van der Waals surface area contributed by atoms with Crippen molar-refractivity contribution in [1.82, 2.24) is 4.98 Å². The molecule has 4 heteroatoms. The molecule has 3 nitrogen and oxygen atoms in total. The number of nitrogens with zero attached hydrogens (tertiary/aromatic N) is 1. The minimum Gasteiger partial charge on any atom is -0.465 e. The summed E-state index contributed by atoms with van der Waals surface area (Å²) in [4.78, 5) is 17.3. The lowest BCUT2D eigenvalue weighted by Gasteiger charge is -2.18. The Balaban J connectivity index is 2.51. The van der Waals surface area contributed by atoms with Crippen LogP contribution in [0.15, 0.2) is 48.5 Å². The van der Waals surface area contributed by atoms with Crippen molar-refractivity contribution in [2.45, 2.75) is 19.8 Å². The van der Waals surface area contributed by atoms with Crippen molar-refractivity contribution in [3.05, 3.63) is 64.8 Å². The van der Waals surface area contributed by atoms with Gasteiger partial charge >= 0.3 is 5.97 Å². The van der Waals surface area contributed by atoms with Crippen LogP contribution < -0.4 is 0 Å². The predicted molar refractivity (Wildman–Crippen MR) is 97.6 cm³/mol. The number of rotatable bonds is 3. The maximum absolute atomic E-state index is 12.6. The topological polar surface area (TPSA) is 39.2 Å². The van der Waals surface area contributed by atoms with E-state index in [9.17, 15) is 4.79 Å². The number of carbonyl (C=O) groups excluding carboxylic acids is 1. The van der Waals surface area contributed by atoms with Gasteiger partial charge in [-0.3, -0.25) is 4.98 Å². The fourth-order valence-corrected chi connectivity index (χ4v) is 3.06. The molecule has 2 aromatic carbocycles. The highest BCUT2D eigenvalue weighted by atomic mass is 35.5. The maximum atomic E-state index is 12.6. The van der Waals surface area contributed by atoms with Gasteiger partial charge in [0.15, 0.2) is 0 Å². The van der Waals surface area contributed by atoms with Crippen molar-refractivity contribution in [3.8, 4) is 11.1 Å². The highest BCUT2D eigenvalue weighted by Gasteiger charge is 2.24. The zero-order valence-electron chi connectivity index (χ0n) is 13.8. The monoisotopic (exact) mass is 339 g/mol. The minimum atomic E-state index is -0.382. The Labute approximate surface area is 146 Å². The van der Waals surface area contributed by atoms with Crippen LogP contribution >= 0.6 is 11.6 Å². The summed E-state index contributed by atoms with van der Waals surface area (Å²) in [6.07, 6.45) is 0. The molecule has 0 unspecified atom stereocenters. The summed E-state index contributed by atoms with van der Waals surface area (Å²) in [5.41, 5.74) is 3.81. The smallest absolute Gasteiger partial charge is 0.340 e. The summed E-state index contributed by atoms with van der Waals surface area (Å²) in [5.74, 6) is -0.298. The molecule has 1 aromatic heterocycles. The fraction of sp³-hybridized carbons (Fsp3) is 0.200. The first-order valence-electron chi connectivity index (χ1n) is 7.79. The Bertz CT molecular complexity index is 904. The van der Waals surface area contributed by atoms with Crippen LogP contribution in [0.4, 0.5) is 0 Å². The number of carbonyl (C=O) groups is 1. The van der Waals surface area contributed by atoms with Gasteiger partial charge in [-0.05, 0) is 29.7 Å². The van der Waals surface area contributed by atoms with Crippen molar-refractivity contribution in [1.29, 1.82) is 0 Å². The minimum absolute atomic E-state index is 0.0849. The largest absolute Gasteiger partial charge is 0.465 e. The molecule has 0 aliphatic heterocycles. The zero-order chi connectivity index (χ0) is 17.3. The Kier molecular flexibility index (Phi) is 4.54. The number of aromatic nitrogens is 1. The fourth-order valence-electron chi connectivity index (χ4n) is 2.89. The Hall–Kier alpha value is -2.39. The molecular formula is C20H18ClNO2. The number of methoxy groups -OCH3 is 1. The lowest BCUT2D eigenvalue weighted by atomic mass is 9.91. The molecule has 0 bridgehead atoms. The van der Waals surface area contributed by atoms with Crippen molar-refractivity contribution < 1.29 is 9.53 Å². The molecule has 3 aromatic rings. The first-order chi connectivity index (χ1) is 11.5. The van der Waals surface area contributed by atoms with Crippen LogP contribution in [0.25, 0.3) is 22.0 Å². The van der Waals surface area contributed by atoms with Gasteiger partial charge in [-0.1, -0.05) is 55.8 Å². The number of pyridine rings is 1. The van der Waals surface area contributed by atoms with E-state index in [4.69, 9.17) is 21.3 Å². The first kappa shape index (κ1) is 16.5. The molecule has 0 atom stereocenters. The molecule has 1 heterocycles. The third-order valence-corrected chi connectivity index (χ3v) is 4.21. The molecule has 0 spiro atoms. The van der Waals surface area contributed by atoms with Crippen LogP contribution in [-0.2, 0) is 4.74 Å². The average Bonchev–Trinajstić information content (AvgIpc) is 2.60. The molecular weight excluding hydrogens is 322 g/mol. The molecule has 0 N–H and O–H groups in total. The van der Waals surface area contributed by atoms with E-state index in [-0.39, 0.29) is 11.9 Å². The van der Waals surface area contributed by atoms with Crippen molar-refractivity contribution in [2.24, 2.45) is 0 Å². The van der Waals surface area contributed by atoms with Crippen LogP contribution in [0.1, 0.15) is 35.8 Å². The van der Waals surface area contributed by atoms with Gasteiger partial charge in [0.1, 0.15) is 0 Å². The molecule has 0 radical (unpaired) electrons. The van der Waals surface area contributed by atoms with Gasteiger partial charge in [-0.25, -0.2) is 4.79 Å². The maximum Gasteiger partial charge on any atom is 0.340 e. The number of esters is 1. The Morgan fingerprint density at radius 3 is 2.46 bits per heavy atom. The van der Waals surface area contributed by atoms with Crippen LogP contribution in [0, 0.1) is 0 Å². The summed E-state index contributed by atoms with van der Waals surface area (Å²) >= 11 is 6.20. The van der Waals surface area contributed by atoms with E-state index in [1.54, 1.807) is 0 Å². The summed E-state index contributed by atoms with van der Waals surface area (Å²) in [6, 6.07) is 15.3. The number of hydrogen-bond acceptors (Lipinski definition) is 3. The number of halogens is 1. The Morgan fingerprint density at radius 1 is 1.12 bits per heavy atom. The van der Waals surface area contributed by atoms with E-state index in [0.717, 1.165) is 27.7 Å². The highest BCUT2D eigenvalue weighted by Crippen LogP contribution is 2.36. The SMILES string of the molecule is COC(=O)c1c(C(C)C)nc2ccc(Cl)cc2c1-c1ccccc1. The number of fused-ring (bicyclic) bond motifs is 1. The van der Waals surface area contributed by atoms with Gasteiger partial charge in [0.25, 0.3) is 0 Å². The second-order valence-electron chi connectivity index (χ2n) is 5.92. The second-order valence-corrected chi connectivity index (χ2v) is 6.36. The van der Waals surface area contributed by atoms with Gasteiger partial charge in [-0.15, -0.1) is 0 Å². The van der Waals surface area contributed by atoms with E-state index in [2.05, 4.69) is 0 Å². The molecule has 0 aliphatic rings. The highest BCUT2D eigenvalue weighted by molar-refractivity contribution is 6.31. The van der Waals surface area contributed by atoms with E-state index in [1.807, 2.05) is 62.4 Å². The molecule has 24 heavy (non-hydrogen) atoms. The van der Waals surface area contributed by atoms with E-state index >= 15 is 0 Å². The summed E-state index contributed by atoms with van der Waals surface area (Å²) in [5, 5.41) is 1.45. The van der Waals surface area contributed by atoms with Gasteiger partial charge < -0.3 is 4.74 Å². The third kappa shape index (κ3) is 2.87. The zero-order valence-corrected chi connectivity index (χ0v) is 14.6. The number of ether oxygens (including phenoxy) is 1. The van der Waals surface area contributed by atoms with Gasteiger partial charge in [0.2, 0.25) is 0 Å². The first-order valence-corrected chi connectivity index (χ1v) is 8.17. The van der Waals surface area contributed by atoms with Gasteiger partial charge in [0.05, 0.1) is 23.9 Å². The summed E-state index contributed by atoms with van der Waals surface area (Å²) in [7, 11) is 1.39. The summed E-state index contributed by atoms with van der Waals surface area (Å²) in [6.45, 7) is 4.04. The average molecular weight is 340 g/mol. The molecule has 0 saturated carbocycles. The standard InChI is InChI=1S/C20H18ClNO2/c1-12(2)19-18(20(23)24-3)17(13-7-5-4-6-8-13)15-11-14(21)9-10-16(15)22-19/h4-12H,1-3H3. The number of benzene rings is 2. The van der Waals surface area contributed by atoms with Crippen molar-refractivity contribution in [3.63, 3.8) is 0 Å². The third-order valence-electron chi connectivity index (χ3n) is 3.97. The Morgan fingerprint density at radius 2 is 1.83 bits per heavy atom. The van der Waals surface area contributed by atoms with E-state index in [0.29, 0.717) is 10.6 Å². The number of hydrogen-bond donors (Lipinski definition) is 0. The molecule has 0 saturated heterocycles. The van der Waals surface area contributed by atoms with Crippen molar-refractivity contribution in [2.75, 3.05) is 7.11 Å². The molecule has 122 valence electrons. The second kappa shape index (κ2) is 6.62. The van der Waals surface area contributed by atoms with Crippen LogP contribution in [-0.4, -0.2) is 18.1 Å². The summed E-state index contributed by atoms with van der Waals surface area (Å²) < 4.78 is 5.06. The van der Waals surface area contributed by atoms with Crippen LogP contribution in [0.2, 0.25) is 5.02 Å². The lowest BCUT2D eigenvalue weighted by Crippen LogP contribution is -2.12. The van der Waals surface area contributed by atoms with Crippen molar-refractivity contribution >= 4 is 28.5 Å². The van der Waals surface area contributed by atoms with Gasteiger partial charge in [0, 0.05) is 16.0 Å². The van der Waals surface area contributed by atoms with E-state index in [1.165, 1.54) is 7.11 Å². The lowest BCUT2D eigenvalue weighted by molar-refractivity contribution is 0.0599. The molecule has 0 fully saturated rings. The van der Waals surface area contributed by atoms with E-state index < -0.39 is 0 Å². The molecule has 0 aliphatic carbocycles. The molecule has 0 amide bonds. The predicted octanol–water partition coefficient (Wildman–Crippen LogP) is 5.47. The quantitative estimate of drug-likeness (QED) is 0.594.